The summed E-state index contributed by atoms with van der Waals surface area (Å²) in [5.74, 6) is 1.18. The molecule has 0 fully saturated rings. The number of benzene rings is 1. The van der Waals surface area contributed by atoms with Crippen LogP contribution < -0.4 is 11.1 Å². The summed E-state index contributed by atoms with van der Waals surface area (Å²) in [5.41, 5.74) is 7.91. The Hall–Kier alpha value is -2.48. The van der Waals surface area contributed by atoms with E-state index in [0.717, 1.165) is 5.56 Å². The number of H-pyrrole nitrogens is 1. The standard InChI is InChI=1S/C14H17N6O3P/c15-12-11-13(20-14(19-11)16-6-7-24(21,22)23)18-10(17-12)8-9-4-2-1-3-5-9/h1-5H,6-8H2,(H2,21,22,23)(H4,15,16,17,18,19,20). The third kappa shape index (κ3) is 4.08. The van der Waals surface area contributed by atoms with Gasteiger partial charge in [0.25, 0.3) is 0 Å². The van der Waals surface area contributed by atoms with Crippen molar-refractivity contribution in [2.24, 2.45) is 0 Å². The number of aromatic amines is 1. The van der Waals surface area contributed by atoms with Gasteiger partial charge in [-0.2, -0.15) is 4.98 Å². The van der Waals surface area contributed by atoms with E-state index < -0.39 is 7.60 Å². The molecular weight excluding hydrogens is 331 g/mol. The van der Waals surface area contributed by atoms with Crippen molar-refractivity contribution in [2.75, 3.05) is 23.8 Å². The number of fused-ring (bicyclic) bond motifs is 1. The molecule has 0 aliphatic rings. The minimum atomic E-state index is -4.05. The fourth-order valence-electron chi connectivity index (χ4n) is 2.23. The lowest BCUT2D eigenvalue weighted by Crippen LogP contribution is -2.07. The minimum absolute atomic E-state index is 0.0777. The molecule has 1 aromatic carbocycles. The molecule has 9 nitrogen and oxygen atoms in total. The fourth-order valence-corrected chi connectivity index (χ4v) is 2.63. The van der Waals surface area contributed by atoms with Gasteiger partial charge in [0.15, 0.2) is 11.5 Å². The maximum atomic E-state index is 10.8. The van der Waals surface area contributed by atoms with E-state index in [1.54, 1.807) is 0 Å². The summed E-state index contributed by atoms with van der Waals surface area (Å²) < 4.78 is 10.8. The van der Waals surface area contributed by atoms with Gasteiger partial charge in [-0.15, -0.1) is 0 Å². The van der Waals surface area contributed by atoms with Crippen molar-refractivity contribution in [3.8, 4) is 0 Å². The van der Waals surface area contributed by atoms with Crippen LogP contribution in [-0.2, 0) is 11.0 Å². The molecule has 0 aliphatic heterocycles. The van der Waals surface area contributed by atoms with E-state index in [9.17, 15) is 4.57 Å². The third-order valence-electron chi connectivity index (χ3n) is 3.33. The Morgan fingerprint density at radius 3 is 2.62 bits per heavy atom. The Labute approximate surface area is 137 Å². The van der Waals surface area contributed by atoms with Gasteiger partial charge in [-0.3, -0.25) is 4.57 Å². The molecule has 126 valence electrons. The number of imidazole rings is 1. The van der Waals surface area contributed by atoms with Crippen LogP contribution >= 0.6 is 7.60 Å². The Kier molecular flexibility index (Phi) is 4.48. The van der Waals surface area contributed by atoms with Crippen LogP contribution in [0.3, 0.4) is 0 Å². The van der Waals surface area contributed by atoms with Crippen molar-refractivity contribution in [3.05, 3.63) is 41.7 Å². The number of anilines is 2. The molecule has 0 spiro atoms. The molecule has 3 aromatic rings. The second-order valence-electron chi connectivity index (χ2n) is 5.29. The number of rotatable bonds is 6. The number of hydrogen-bond acceptors (Lipinski definition) is 6. The molecule has 24 heavy (non-hydrogen) atoms. The second-order valence-corrected chi connectivity index (χ2v) is 7.06. The molecule has 0 bridgehead atoms. The van der Waals surface area contributed by atoms with Crippen LogP contribution in [0.2, 0.25) is 0 Å². The van der Waals surface area contributed by atoms with Gasteiger partial charge in [-0.05, 0) is 5.56 Å². The zero-order valence-electron chi connectivity index (χ0n) is 12.7. The van der Waals surface area contributed by atoms with Gasteiger partial charge in [-0.25, -0.2) is 9.97 Å². The zero-order valence-corrected chi connectivity index (χ0v) is 13.6. The lowest BCUT2D eigenvalue weighted by molar-refractivity contribution is 0.374. The lowest BCUT2D eigenvalue weighted by atomic mass is 10.1. The Morgan fingerprint density at radius 1 is 1.17 bits per heavy atom. The van der Waals surface area contributed by atoms with Crippen LogP contribution in [0.4, 0.5) is 11.8 Å². The number of hydrogen-bond donors (Lipinski definition) is 5. The quantitative estimate of drug-likeness (QED) is 0.416. The van der Waals surface area contributed by atoms with Gasteiger partial charge in [0.2, 0.25) is 5.95 Å². The van der Waals surface area contributed by atoms with Crippen LogP contribution in [-0.4, -0.2) is 42.4 Å². The highest BCUT2D eigenvalue weighted by Gasteiger charge is 2.14. The summed E-state index contributed by atoms with van der Waals surface area (Å²) in [6.07, 6.45) is 0.249. The third-order valence-corrected chi connectivity index (χ3v) is 4.13. The smallest absolute Gasteiger partial charge is 0.327 e. The largest absolute Gasteiger partial charge is 0.382 e. The first-order valence-corrected chi connectivity index (χ1v) is 9.05. The normalized spacial score (nSPS) is 11.8. The fraction of sp³-hybridized carbons (Fsp3) is 0.214. The molecule has 0 saturated heterocycles. The minimum Gasteiger partial charge on any atom is -0.382 e. The molecule has 2 aromatic heterocycles. The summed E-state index contributed by atoms with van der Waals surface area (Å²) in [6.45, 7) is 0.0777. The van der Waals surface area contributed by atoms with Crippen LogP contribution in [0, 0.1) is 0 Å². The van der Waals surface area contributed by atoms with Crippen molar-refractivity contribution >= 4 is 30.5 Å². The molecule has 0 unspecified atom stereocenters. The van der Waals surface area contributed by atoms with Crippen LogP contribution in [0.25, 0.3) is 11.2 Å². The summed E-state index contributed by atoms with van der Waals surface area (Å²) in [5, 5.41) is 2.80. The van der Waals surface area contributed by atoms with Crippen LogP contribution in [0.5, 0.6) is 0 Å². The molecule has 0 radical (unpaired) electrons. The van der Waals surface area contributed by atoms with E-state index in [1.807, 2.05) is 30.3 Å². The second kappa shape index (κ2) is 6.56. The van der Waals surface area contributed by atoms with Crippen molar-refractivity contribution in [1.29, 1.82) is 0 Å². The van der Waals surface area contributed by atoms with Gasteiger partial charge >= 0.3 is 7.60 Å². The number of nitrogens with two attached hydrogens (primary N) is 1. The first kappa shape index (κ1) is 16.4. The van der Waals surface area contributed by atoms with Gasteiger partial charge in [0, 0.05) is 13.0 Å². The van der Waals surface area contributed by atoms with E-state index in [2.05, 4.69) is 25.3 Å². The summed E-state index contributed by atoms with van der Waals surface area (Å²) in [7, 11) is -4.05. The van der Waals surface area contributed by atoms with Gasteiger partial charge in [0.05, 0.1) is 6.16 Å². The Balaban J connectivity index is 1.79. The molecular formula is C14H17N6O3P. The molecule has 0 saturated carbocycles. The van der Waals surface area contributed by atoms with E-state index >= 15 is 0 Å². The van der Waals surface area contributed by atoms with Gasteiger partial charge in [0.1, 0.15) is 11.3 Å². The number of aromatic nitrogens is 4. The van der Waals surface area contributed by atoms with Crippen molar-refractivity contribution in [2.45, 2.75) is 6.42 Å². The Bertz CT molecular complexity index is 892. The highest BCUT2D eigenvalue weighted by molar-refractivity contribution is 7.51. The molecule has 2 heterocycles. The topological polar surface area (TPSA) is 150 Å². The van der Waals surface area contributed by atoms with Crippen LogP contribution in [0.1, 0.15) is 11.4 Å². The van der Waals surface area contributed by atoms with E-state index in [0.29, 0.717) is 29.4 Å². The molecule has 3 rings (SSSR count). The zero-order chi connectivity index (χ0) is 17.2. The predicted molar refractivity (Wildman–Crippen MR) is 90.7 cm³/mol. The molecule has 0 aliphatic carbocycles. The first-order chi connectivity index (χ1) is 11.4. The monoisotopic (exact) mass is 348 g/mol. The van der Waals surface area contributed by atoms with Crippen molar-refractivity contribution in [1.82, 2.24) is 19.9 Å². The maximum Gasteiger partial charge on any atom is 0.327 e. The molecule has 10 heteroatoms. The van der Waals surface area contributed by atoms with E-state index in [4.69, 9.17) is 15.5 Å². The predicted octanol–water partition coefficient (Wildman–Crippen LogP) is 1.12. The van der Waals surface area contributed by atoms with E-state index in [1.165, 1.54) is 0 Å². The lowest BCUT2D eigenvalue weighted by Gasteiger charge is -2.03. The number of nitrogens with zero attached hydrogens (tertiary/aromatic N) is 3. The van der Waals surface area contributed by atoms with Crippen molar-refractivity contribution in [3.63, 3.8) is 0 Å². The maximum absolute atomic E-state index is 10.8. The summed E-state index contributed by atoms with van der Waals surface area (Å²) in [4.78, 5) is 33.5. The SMILES string of the molecule is Nc1nc(Cc2ccccc2)nc2nc(NCCP(=O)(O)O)[nH]c12. The van der Waals surface area contributed by atoms with Gasteiger partial charge < -0.3 is 25.8 Å². The average Bonchev–Trinajstić information content (AvgIpc) is 2.90. The number of nitrogens with one attached hydrogen (secondary N) is 2. The molecule has 6 N–H and O–H groups in total. The highest BCUT2D eigenvalue weighted by atomic mass is 31.2. The number of nitrogen functional groups attached to an aromatic ring is 1. The van der Waals surface area contributed by atoms with Crippen molar-refractivity contribution < 1.29 is 14.4 Å². The Morgan fingerprint density at radius 2 is 1.92 bits per heavy atom. The first-order valence-electron chi connectivity index (χ1n) is 7.25. The van der Waals surface area contributed by atoms with Gasteiger partial charge in [-0.1, -0.05) is 30.3 Å². The van der Waals surface area contributed by atoms with E-state index in [-0.39, 0.29) is 18.5 Å². The molecule has 0 amide bonds. The molecule has 0 atom stereocenters. The highest BCUT2D eigenvalue weighted by Crippen LogP contribution is 2.33. The summed E-state index contributed by atoms with van der Waals surface area (Å²) in [6, 6.07) is 9.77. The van der Waals surface area contributed by atoms with Crippen LogP contribution in [0.15, 0.2) is 30.3 Å². The average molecular weight is 348 g/mol. The summed E-state index contributed by atoms with van der Waals surface area (Å²) >= 11 is 0.